The molecule has 3 heterocycles. The highest BCUT2D eigenvalue weighted by atomic mass is 32.1. The Morgan fingerprint density at radius 1 is 1.48 bits per heavy atom. The van der Waals surface area contributed by atoms with Gasteiger partial charge in [0.1, 0.15) is 10.8 Å². The zero-order valence-electron chi connectivity index (χ0n) is 12.5. The molecule has 1 fully saturated rings. The Bertz CT molecular complexity index is 595. The van der Waals surface area contributed by atoms with Crippen LogP contribution in [0.1, 0.15) is 12.8 Å². The minimum Gasteiger partial charge on any atom is -0.382 e. The predicted molar refractivity (Wildman–Crippen MR) is 88.7 cm³/mol. The van der Waals surface area contributed by atoms with Crippen molar-refractivity contribution in [1.29, 1.82) is 0 Å². The smallest absolute Gasteiger partial charge is 0.147 e. The van der Waals surface area contributed by atoms with Crippen LogP contribution in [0.4, 0.5) is 10.8 Å². The van der Waals surface area contributed by atoms with Crippen LogP contribution in [-0.2, 0) is 0 Å². The molecule has 21 heavy (non-hydrogen) atoms. The first-order chi connectivity index (χ1) is 10.2. The average molecular weight is 303 g/mol. The molecule has 2 N–H and O–H groups in total. The van der Waals surface area contributed by atoms with Crippen LogP contribution in [0.5, 0.6) is 0 Å². The van der Waals surface area contributed by atoms with Gasteiger partial charge in [-0.2, -0.15) is 4.37 Å². The van der Waals surface area contributed by atoms with Crippen molar-refractivity contribution in [1.82, 2.24) is 14.3 Å². The third-order valence-electron chi connectivity index (χ3n) is 3.86. The van der Waals surface area contributed by atoms with Crippen LogP contribution < -0.4 is 10.6 Å². The Kier molecular flexibility index (Phi) is 4.07. The first-order valence-electron chi connectivity index (χ1n) is 7.23. The molecule has 112 valence electrons. The molecule has 1 aliphatic heterocycles. The Labute approximate surface area is 129 Å². The van der Waals surface area contributed by atoms with Crippen LogP contribution in [0.25, 0.3) is 11.1 Å². The average Bonchev–Trinajstić information content (AvgIpc) is 3.05. The minimum atomic E-state index is 0.537. The lowest BCUT2D eigenvalue weighted by Gasteiger charge is -2.28. The van der Waals surface area contributed by atoms with Crippen LogP contribution >= 0.6 is 11.5 Å². The quantitative estimate of drug-likeness (QED) is 0.939. The number of rotatable bonds is 4. The van der Waals surface area contributed by atoms with Gasteiger partial charge in [-0.15, -0.1) is 0 Å². The van der Waals surface area contributed by atoms with Gasteiger partial charge in [0, 0.05) is 37.1 Å². The Morgan fingerprint density at radius 3 is 3.05 bits per heavy atom. The van der Waals surface area contributed by atoms with Gasteiger partial charge in [0.15, 0.2) is 0 Å². The SMILES string of the molecule is CN(C)CC1CCCN1c1snc(N)c1-c1cccnc1. The summed E-state index contributed by atoms with van der Waals surface area (Å²) in [7, 11) is 4.25. The van der Waals surface area contributed by atoms with Crippen LogP contribution in [0.3, 0.4) is 0 Å². The van der Waals surface area contributed by atoms with Gasteiger partial charge < -0.3 is 15.5 Å². The van der Waals surface area contributed by atoms with Crippen molar-refractivity contribution < 1.29 is 0 Å². The van der Waals surface area contributed by atoms with E-state index in [4.69, 9.17) is 5.73 Å². The maximum absolute atomic E-state index is 6.12. The van der Waals surface area contributed by atoms with Crippen LogP contribution in [0, 0.1) is 0 Å². The summed E-state index contributed by atoms with van der Waals surface area (Å²) < 4.78 is 4.39. The molecular weight excluding hydrogens is 282 g/mol. The monoisotopic (exact) mass is 303 g/mol. The van der Waals surface area contributed by atoms with Crippen molar-refractivity contribution in [3.8, 4) is 11.1 Å². The van der Waals surface area contributed by atoms with E-state index in [2.05, 4.69) is 33.3 Å². The summed E-state index contributed by atoms with van der Waals surface area (Å²) >= 11 is 1.50. The molecule has 0 radical (unpaired) electrons. The van der Waals surface area contributed by atoms with Gasteiger partial charge in [-0.3, -0.25) is 4.98 Å². The van der Waals surface area contributed by atoms with E-state index in [1.54, 1.807) is 6.20 Å². The molecule has 0 bridgehead atoms. The minimum absolute atomic E-state index is 0.537. The summed E-state index contributed by atoms with van der Waals surface area (Å²) in [5.74, 6) is 0.610. The molecule has 0 saturated carbocycles. The zero-order valence-corrected chi connectivity index (χ0v) is 13.3. The Hall–Kier alpha value is -1.66. The van der Waals surface area contributed by atoms with E-state index in [9.17, 15) is 0 Å². The van der Waals surface area contributed by atoms with Gasteiger partial charge in [-0.1, -0.05) is 6.07 Å². The number of nitrogens with zero attached hydrogens (tertiary/aromatic N) is 4. The van der Waals surface area contributed by atoms with E-state index in [1.807, 2.05) is 18.3 Å². The third kappa shape index (κ3) is 2.87. The van der Waals surface area contributed by atoms with Gasteiger partial charge in [-0.25, -0.2) is 0 Å². The number of hydrogen-bond acceptors (Lipinski definition) is 6. The normalized spacial score (nSPS) is 18.6. The van der Waals surface area contributed by atoms with Gasteiger partial charge in [-0.05, 0) is 44.5 Å². The van der Waals surface area contributed by atoms with E-state index in [-0.39, 0.29) is 0 Å². The fourth-order valence-corrected chi connectivity index (χ4v) is 3.92. The van der Waals surface area contributed by atoms with E-state index in [0.717, 1.165) is 24.2 Å². The highest BCUT2D eigenvalue weighted by Gasteiger charge is 2.29. The second-order valence-electron chi connectivity index (χ2n) is 5.74. The second-order valence-corrected chi connectivity index (χ2v) is 6.49. The van der Waals surface area contributed by atoms with Crippen molar-refractivity contribution in [2.45, 2.75) is 18.9 Å². The second kappa shape index (κ2) is 5.99. The number of nitrogens with two attached hydrogens (primary N) is 1. The maximum Gasteiger partial charge on any atom is 0.147 e. The fraction of sp³-hybridized carbons (Fsp3) is 0.467. The lowest BCUT2D eigenvalue weighted by atomic mass is 10.1. The molecule has 5 nitrogen and oxygen atoms in total. The lowest BCUT2D eigenvalue weighted by molar-refractivity contribution is 0.372. The van der Waals surface area contributed by atoms with Gasteiger partial charge >= 0.3 is 0 Å². The summed E-state index contributed by atoms with van der Waals surface area (Å²) in [6, 6.07) is 4.53. The highest BCUT2D eigenvalue weighted by Crippen LogP contribution is 2.41. The Morgan fingerprint density at radius 2 is 2.33 bits per heavy atom. The number of aromatic nitrogens is 2. The molecule has 6 heteroatoms. The third-order valence-corrected chi connectivity index (χ3v) is 4.76. The molecule has 2 aromatic rings. The van der Waals surface area contributed by atoms with Gasteiger partial charge in [0.25, 0.3) is 0 Å². The highest BCUT2D eigenvalue weighted by molar-refractivity contribution is 7.11. The van der Waals surface area contributed by atoms with E-state index in [0.29, 0.717) is 11.9 Å². The van der Waals surface area contributed by atoms with Crippen molar-refractivity contribution in [2.75, 3.05) is 37.8 Å². The van der Waals surface area contributed by atoms with E-state index < -0.39 is 0 Å². The van der Waals surface area contributed by atoms with E-state index >= 15 is 0 Å². The van der Waals surface area contributed by atoms with Crippen LogP contribution in [0.2, 0.25) is 0 Å². The van der Waals surface area contributed by atoms with Crippen molar-refractivity contribution >= 4 is 22.4 Å². The fourth-order valence-electron chi connectivity index (χ4n) is 2.99. The number of nitrogen functional groups attached to an aromatic ring is 1. The summed E-state index contributed by atoms with van der Waals surface area (Å²) in [5.41, 5.74) is 8.21. The Balaban J connectivity index is 1.96. The first-order valence-corrected chi connectivity index (χ1v) is 8.01. The topological polar surface area (TPSA) is 58.3 Å². The molecular formula is C15H21N5S. The molecule has 1 unspecified atom stereocenters. The van der Waals surface area contributed by atoms with Gasteiger partial charge in [0.2, 0.25) is 0 Å². The standard InChI is InChI=1S/C15H21N5S/c1-19(2)10-12-6-4-8-20(12)15-13(14(16)18-21-15)11-5-3-7-17-9-11/h3,5,7,9,12H,4,6,8,10H2,1-2H3,(H2,16,18). The molecule has 0 aromatic carbocycles. The zero-order chi connectivity index (χ0) is 14.8. The van der Waals surface area contributed by atoms with E-state index in [1.165, 1.54) is 29.4 Å². The lowest BCUT2D eigenvalue weighted by Crippen LogP contribution is -2.37. The molecule has 0 aliphatic carbocycles. The summed E-state index contributed by atoms with van der Waals surface area (Å²) in [4.78, 5) is 8.93. The summed E-state index contributed by atoms with van der Waals surface area (Å²) in [6.45, 7) is 2.14. The molecule has 1 saturated heterocycles. The van der Waals surface area contributed by atoms with Crippen molar-refractivity contribution in [3.63, 3.8) is 0 Å². The number of hydrogen-bond donors (Lipinski definition) is 1. The molecule has 0 spiro atoms. The molecule has 1 aliphatic rings. The number of anilines is 2. The largest absolute Gasteiger partial charge is 0.382 e. The molecule has 2 aromatic heterocycles. The predicted octanol–water partition coefficient (Wildman–Crippen LogP) is 2.32. The number of pyridine rings is 1. The molecule has 1 atom stereocenters. The van der Waals surface area contributed by atoms with Crippen molar-refractivity contribution in [3.05, 3.63) is 24.5 Å². The number of likely N-dealkylation sites (N-methyl/N-ethyl adjacent to an activating group) is 1. The van der Waals surface area contributed by atoms with Crippen molar-refractivity contribution in [2.24, 2.45) is 0 Å². The maximum atomic E-state index is 6.12. The molecule has 0 amide bonds. The van der Waals surface area contributed by atoms with Crippen LogP contribution in [0.15, 0.2) is 24.5 Å². The summed E-state index contributed by atoms with van der Waals surface area (Å²) in [5, 5.41) is 1.19. The molecule has 3 rings (SSSR count). The van der Waals surface area contributed by atoms with Crippen LogP contribution in [-0.4, -0.2) is 47.5 Å². The first kappa shape index (κ1) is 14.3. The van der Waals surface area contributed by atoms with Gasteiger partial charge in [0.05, 0.1) is 5.56 Å². The summed E-state index contributed by atoms with van der Waals surface area (Å²) in [6.07, 6.45) is 6.09.